The number of rotatable bonds is 4. The number of hydrogen-bond donors (Lipinski definition) is 0. The third-order valence-corrected chi connectivity index (χ3v) is 4.22. The summed E-state index contributed by atoms with van der Waals surface area (Å²) in [4.78, 5) is 12.4. The van der Waals surface area contributed by atoms with Crippen LogP contribution in [0.1, 0.15) is 29.5 Å². The van der Waals surface area contributed by atoms with Crippen molar-refractivity contribution in [2.75, 3.05) is 0 Å². The number of Topliss-reactive ketones (excluding diaryl/α,β-unsaturated/α-hetero) is 1. The molecule has 0 fully saturated rings. The lowest BCUT2D eigenvalue weighted by molar-refractivity contribution is -0.123. The van der Waals surface area contributed by atoms with Crippen LogP contribution in [0.25, 0.3) is 0 Å². The minimum absolute atomic E-state index is 0.210. The number of benzene rings is 1. The first-order valence-corrected chi connectivity index (χ1v) is 7.29. The Labute approximate surface area is 119 Å². The van der Waals surface area contributed by atoms with E-state index in [-0.39, 0.29) is 5.92 Å². The molecule has 1 aliphatic carbocycles. The van der Waals surface area contributed by atoms with E-state index >= 15 is 0 Å². The second kappa shape index (κ2) is 5.61. The Morgan fingerprint density at radius 3 is 2.90 bits per heavy atom. The van der Waals surface area contributed by atoms with Crippen LogP contribution >= 0.6 is 0 Å². The van der Waals surface area contributed by atoms with Gasteiger partial charge < -0.3 is 0 Å². The Kier molecular flexibility index (Phi) is 3.68. The van der Waals surface area contributed by atoms with E-state index in [0.29, 0.717) is 12.2 Å². The molecular weight excluding hydrogens is 248 g/mol. The van der Waals surface area contributed by atoms with Crippen molar-refractivity contribution in [3.05, 3.63) is 53.3 Å². The number of aryl methyl sites for hydroxylation is 3. The normalized spacial score (nSPS) is 17.8. The molecule has 104 valence electrons. The molecule has 0 spiro atoms. The lowest BCUT2D eigenvalue weighted by atomic mass is 9.80. The molecule has 0 bridgehead atoms. The summed E-state index contributed by atoms with van der Waals surface area (Å²) in [5.41, 5.74) is 3.93. The predicted molar refractivity (Wildman–Crippen MR) is 78.5 cm³/mol. The largest absolute Gasteiger partial charge is 0.299 e. The molecule has 0 N–H and O–H groups in total. The second-order valence-corrected chi connectivity index (χ2v) is 5.70. The van der Waals surface area contributed by atoms with Gasteiger partial charge in [-0.05, 0) is 42.4 Å². The van der Waals surface area contributed by atoms with E-state index in [4.69, 9.17) is 0 Å². The van der Waals surface area contributed by atoms with Crippen LogP contribution in [-0.4, -0.2) is 15.6 Å². The smallest absolute Gasteiger partial charge is 0.136 e. The number of aromatic nitrogens is 2. The van der Waals surface area contributed by atoms with Crippen LogP contribution in [0.15, 0.2) is 36.7 Å². The van der Waals surface area contributed by atoms with Crippen molar-refractivity contribution in [3.63, 3.8) is 0 Å². The first kappa shape index (κ1) is 13.1. The SMILES string of the molecule is Cn1cc(CCC(=O)C2CCc3ccccc3C2)cn1. The first-order valence-electron chi connectivity index (χ1n) is 7.29. The Morgan fingerprint density at radius 2 is 2.15 bits per heavy atom. The van der Waals surface area contributed by atoms with Gasteiger partial charge in [-0.1, -0.05) is 24.3 Å². The molecule has 1 heterocycles. The number of carbonyl (C=O) groups is 1. The maximum absolute atomic E-state index is 12.4. The number of ketones is 1. The third-order valence-electron chi connectivity index (χ3n) is 4.22. The maximum Gasteiger partial charge on any atom is 0.136 e. The van der Waals surface area contributed by atoms with Gasteiger partial charge in [0.2, 0.25) is 0 Å². The van der Waals surface area contributed by atoms with E-state index in [1.807, 2.05) is 19.4 Å². The third kappa shape index (κ3) is 2.82. The van der Waals surface area contributed by atoms with Gasteiger partial charge >= 0.3 is 0 Å². The molecule has 0 radical (unpaired) electrons. The van der Waals surface area contributed by atoms with Crippen molar-refractivity contribution in [3.8, 4) is 0 Å². The van der Waals surface area contributed by atoms with Gasteiger partial charge in [0.05, 0.1) is 6.20 Å². The fourth-order valence-corrected chi connectivity index (χ4v) is 3.05. The summed E-state index contributed by atoms with van der Waals surface area (Å²) >= 11 is 0. The highest BCUT2D eigenvalue weighted by Crippen LogP contribution is 2.26. The van der Waals surface area contributed by atoms with Crippen LogP contribution < -0.4 is 0 Å². The zero-order valence-corrected chi connectivity index (χ0v) is 11.9. The molecule has 0 amide bonds. The Balaban J connectivity index is 1.59. The monoisotopic (exact) mass is 268 g/mol. The van der Waals surface area contributed by atoms with Gasteiger partial charge in [0.1, 0.15) is 5.78 Å². The summed E-state index contributed by atoms with van der Waals surface area (Å²) in [5, 5.41) is 4.14. The molecule has 1 aromatic heterocycles. The topological polar surface area (TPSA) is 34.9 Å². The minimum atomic E-state index is 0.210. The average Bonchev–Trinajstić information content (AvgIpc) is 2.90. The Morgan fingerprint density at radius 1 is 1.35 bits per heavy atom. The van der Waals surface area contributed by atoms with Gasteiger partial charge in [-0.3, -0.25) is 9.48 Å². The first-order chi connectivity index (χ1) is 9.72. The highest BCUT2D eigenvalue weighted by Gasteiger charge is 2.23. The van der Waals surface area contributed by atoms with E-state index in [9.17, 15) is 4.79 Å². The van der Waals surface area contributed by atoms with Crippen molar-refractivity contribution in [2.24, 2.45) is 13.0 Å². The lowest BCUT2D eigenvalue weighted by Gasteiger charge is -2.23. The van der Waals surface area contributed by atoms with Crippen molar-refractivity contribution >= 4 is 5.78 Å². The zero-order chi connectivity index (χ0) is 13.9. The number of fused-ring (bicyclic) bond motifs is 1. The van der Waals surface area contributed by atoms with E-state index in [1.165, 1.54) is 11.1 Å². The molecule has 0 saturated heterocycles. The van der Waals surface area contributed by atoms with E-state index in [1.54, 1.807) is 4.68 Å². The molecule has 1 aromatic carbocycles. The Hall–Kier alpha value is -1.90. The summed E-state index contributed by atoms with van der Waals surface area (Å²) in [6.07, 6.45) is 8.25. The molecule has 0 saturated carbocycles. The number of carbonyl (C=O) groups excluding carboxylic acids is 1. The van der Waals surface area contributed by atoms with Gasteiger partial charge in [-0.15, -0.1) is 0 Å². The molecule has 0 aliphatic heterocycles. The van der Waals surface area contributed by atoms with Gasteiger partial charge in [-0.25, -0.2) is 0 Å². The summed E-state index contributed by atoms with van der Waals surface area (Å²) in [5.74, 6) is 0.616. The summed E-state index contributed by atoms with van der Waals surface area (Å²) < 4.78 is 1.79. The average molecular weight is 268 g/mol. The van der Waals surface area contributed by atoms with Crippen LogP contribution in [0, 0.1) is 5.92 Å². The molecule has 1 atom stereocenters. The second-order valence-electron chi connectivity index (χ2n) is 5.70. The minimum Gasteiger partial charge on any atom is -0.299 e. The van der Waals surface area contributed by atoms with Crippen LogP contribution in [0.4, 0.5) is 0 Å². The van der Waals surface area contributed by atoms with Crippen molar-refractivity contribution in [2.45, 2.75) is 32.1 Å². The standard InChI is InChI=1S/C17H20N2O/c1-19-12-13(11-18-19)6-9-17(20)16-8-7-14-4-2-3-5-15(14)10-16/h2-5,11-12,16H,6-10H2,1H3. The Bertz CT molecular complexity index is 615. The summed E-state index contributed by atoms with van der Waals surface area (Å²) in [6, 6.07) is 8.51. The van der Waals surface area contributed by atoms with Crippen LogP contribution in [0.3, 0.4) is 0 Å². The van der Waals surface area contributed by atoms with Crippen molar-refractivity contribution in [1.82, 2.24) is 9.78 Å². The van der Waals surface area contributed by atoms with E-state index in [2.05, 4.69) is 29.4 Å². The number of hydrogen-bond acceptors (Lipinski definition) is 2. The molecule has 2 aromatic rings. The highest BCUT2D eigenvalue weighted by molar-refractivity contribution is 5.81. The molecule has 3 nitrogen and oxygen atoms in total. The molecule has 1 unspecified atom stereocenters. The van der Waals surface area contributed by atoms with Crippen LogP contribution in [0.2, 0.25) is 0 Å². The van der Waals surface area contributed by atoms with Gasteiger partial charge in [0, 0.05) is 25.6 Å². The summed E-state index contributed by atoms with van der Waals surface area (Å²) in [7, 11) is 1.91. The predicted octanol–water partition coefficient (Wildman–Crippen LogP) is 2.73. The fourth-order valence-electron chi connectivity index (χ4n) is 3.05. The fraction of sp³-hybridized carbons (Fsp3) is 0.412. The van der Waals surface area contributed by atoms with Crippen LogP contribution in [-0.2, 0) is 31.1 Å². The summed E-state index contributed by atoms with van der Waals surface area (Å²) in [6.45, 7) is 0. The zero-order valence-electron chi connectivity index (χ0n) is 11.9. The molecular formula is C17H20N2O. The maximum atomic E-state index is 12.4. The molecule has 20 heavy (non-hydrogen) atoms. The van der Waals surface area contributed by atoms with Gasteiger partial charge in [-0.2, -0.15) is 5.10 Å². The number of nitrogens with zero attached hydrogens (tertiary/aromatic N) is 2. The van der Waals surface area contributed by atoms with Crippen molar-refractivity contribution in [1.29, 1.82) is 0 Å². The molecule has 1 aliphatic rings. The quantitative estimate of drug-likeness (QED) is 0.854. The van der Waals surface area contributed by atoms with E-state index in [0.717, 1.165) is 31.2 Å². The van der Waals surface area contributed by atoms with Crippen LogP contribution in [0.5, 0.6) is 0 Å². The lowest BCUT2D eigenvalue weighted by Crippen LogP contribution is -2.23. The van der Waals surface area contributed by atoms with Gasteiger partial charge in [0.15, 0.2) is 0 Å². The van der Waals surface area contributed by atoms with Crippen molar-refractivity contribution < 1.29 is 4.79 Å². The van der Waals surface area contributed by atoms with Gasteiger partial charge in [0.25, 0.3) is 0 Å². The highest BCUT2D eigenvalue weighted by atomic mass is 16.1. The molecule has 3 heteroatoms. The van der Waals surface area contributed by atoms with E-state index < -0.39 is 0 Å². The molecule has 3 rings (SSSR count).